The summed E-state index contributed by atoms with van der Waals surface area (Å²) in [5, 5.41) is 5.72. The third kappa shape index (κ3) is 3.26. The number of thiophene rings is 1. The molecule has 0 amide bonds. The van der Waals surface area contributed by atoms with Gasteiger partial charge in [-0.05, 0) is 36.8 Å². The lowest BCUT2D eigenvalue weighted by Gasteiger charge is -2.20. The first kappa shape index (κ1) is 12.0. The summed E-state index contributed by atoms with van der Waals surface area (Å²) in [6.45, 7) is 6.62. The van der Waals surface area contributed by atoms with Gasteiger partial charge in [-0.2, -0.15) is 0 Å². The van der Waals surface area contributed by atoms with Gasteiger partial charge in [0.1, 0.15) is 0 Å². The SMILES string of the molecule is CCC(CC)NC(C)c1csc(Cl)c1. The van der Waals surface area contributed by atoms with Crippen molar-refractivity contribution in [1.82, 2.24) is 5.32 Å². The Bertz CT molecular complexity index is 268. The molecular formula is C11H18ClNS. The van der Waals surface area contributed by atoms with Gasteiger partial charge in [0.05, 0.1) is 4.34 Å². The average molecular weight is 232 g/mol. The highest BCUT2D eigenvalue weighted by Gasteiger charge is 2.11. The summed E-state index contributed by atoms with van der Waals surface area (Å²) in [7, 11) is 0. The number of rotatable bonds is 5. The van der Waals surface area contributed by atoms with Crippen molar-refractivity contribution in [3.63, 3.8) is 0 Å². The number of halogens is 1. The predicted octanol–water partition coefficient (Wildman–Crippen LogP) is 4.24. The van der Waals surface area contributed by atoms with Gasteiger partial charge in [-0.25, -0.2) is 0 Å². The fraction of sp³-hybridized carbons (Fsp3) is 0.636. The molecule has 0 fully saturated rings. The standard InChI is InChI=1S/C11H18ClNS/c1-4-10(5-2)13-8(3)9-6-11(12)14-7-9/h6-8,10,13H,4-5H2,1-3H3. The van der Waals surface area contributed by atoms with Crippen LogP contribution in [-0.4, -0.2) is 6.04 Å². The summed E-state index contributed by atoms with van der Waals surface area (Å²) in [6.07, 6.45) is 2.36. The molecule has 3 heteroatoms. The van der Waals surface area contributed by atoms with Crippen molar-refractivity contribution >= 4 is 22.9 Å². The van der Waals surface area contributed by atoms with E-state index in [2.05, 4.69) is 31.5 Å². The van der Waals surface area contributed by atoms with Crippen LogP contribution in [0.2, 0.25) is 4.34 Å². The van der Waals surface area contributed by atoms with Crippen LogP contribution in [0.4, 0.5) is 0 Å². The van der Waals surface area contributed by atoms with Crippen LogP contribution in [0.3, 0.4) is 0 Å². The van der Waals surface area contributed by atoms with Crippen molar-refractivity contribution < 1.29 is 0 Å². The van der Waals surface area contributed by atoms with Crippen LogP contribution < -0.4 is 5.32 Å². The zero-order chi connectivity index (χ0) is 10.6. The van der Waals surface area contributed by atoms with Gasteiger partial charge >= 0.3 is 0 Å². The highest BCUT2D eigenvalue weighted by molar-refractivity contribution is 7.14. The highest BCUT2D eigenvalue weighted by atomic mass is 35.5. The molecule has 1 unspecified atom stereocenters. The molecule has 0 saturated heterocycles. The van der Waals surface area contributed by atoms with Gasteiger partial charge in [-0.1, -0.05) is 25.4 Å². The Morgan fingerprint density at radius 1 is 1.43 bits per heavy atom. The maximum absolute atomic E-state index is 5.90. The largest absolute Gasteiger partial charge is 0.307 e. The molecule has 14 heavy (non-hydrogen) atoms. The molecule has 0 aliphatic heterocycles. The maximum atomic E-state index is 5.90. The Morgan fingerprint density at radius 2 is 2.07 bits per heavy atom. The zero-order valence-corrected chi connectivity index (χ0v) is 10.6. The lowest BCUT2D eigenvalue weighted by atomic mass is 10.1. The van der Waals surface area contributed by atoms with Crippen molar-refractivity contribution in [1.29, 1.82) is 0 Å². The normalized spacial score (nSPS) is 13.5. The van der Waals surface area contributed by atoms with E-state index < -0.39 is 0 Å². The van der Waals surface area contributed by atoms with E-state index in [4.69, 9.17) is 11.6 Å². The smallest absolute Gasteiger partial charge is 0.0931 e. The van der Waals surface area contributed by atoms with Crippen LogP contribution in [0, 0.1) is 0 Å². The van der Waals surface area contributed by atoms with E-state index in [-0.39, 0.29) is 0 Å². The molecule has 1 rings (SSSR count). The van der Waals surface area contributed by atoms with Gasteiger partial charge in [-0.3, -0.25) is 0 Å². The van der Waals surface area contributed by atoms with Crippen LogP contribution in [0.1, 0.15) is 45.2 Å². The molecule has 0 aliphatic rings. The quantitative estimate of drug-likeness (QED) is 0.799. The molecule has 0 bridgehead atoms. The van der Waals surface area contributed by atoms with E-state index in [1.807, 2.05) is 6.07 Å². The predicted molar refractivity (Wildman–Crippen MR) is 65.2 cm³/mol. The summed E-state index contributed by atoms with van der Waals surface area (Å²) in [5.74, 6) is 0. The van der Waals surface area contributed by atoms with Gasteiger partial charge in [0, 0.05) is 12.1 Å². The molecule has 1 atom stereocenters. The van der Waals surface area contributed by atoms with Gasteiger partial charge in [0.15, 0.2) is 0 Å². The molecular weight excluding hydrogens is 214 g/mol. The summed E-state index contributed by atoms with van der Waals surface area (Å²) >= 11 is 7.50. The Hall–Kier alpha value is -0.0500. The maximum Gasteiger partial charge on any atom is 0.0931 e. The fourth-order valence-corrected chi connectivity index (χ4v) is 2.51. The first-order chi connectivity index (χ1) is 6.67. The molecule has 0 radical (unpaired) electrons. The molecule has 1 nitrogen and oxygen atoms in total. The lowest BCUT2D eigenvalue weighted by molar-refractivity contribution is 0.433. The Labute approximate surface area is 95.5 Å². The molecule has 1 aromatic heterocycles. The molecule has 1 heterocycles. The summed E-state index contributed by atoms with van der Waals surface area (Å²) < 4.78 is 0.873. The minimum Gasteiger partial charge on any atom is -0.307 e. The van der Waals surface area contributed by atoms with Crippen LogP contribution >= 0.6 is 22.9 Å². The van der Waals surface area contributed by atoms with Crippen LogP contribution in [0.5, 0.6) is 0 Å². The third-order valence-electron chi connectivity index (χ3n) is 2.56. The van der Waals surface area contributed by atoms with E-state index in [9.17, 15) is 0 Å². The first-order valence-electron chi connectivity index (χ1n) is 5.17. The van der Waals surface area contributed by atoms with Gasteiger partial charge < -0.3 is 5.32 Å². The fourth-order valence-electron chi connectivity index (χ4n) is 1.52. The van der Waals surface area contributed by atoms with Crippen molar-refractivity contribution in [2.45, 2.75) is 45.7 Å². The lowest BCUT2D eigenvalue weighted by Crippen LogP contribution is -2.30. The molecule has 80 valence electrons. The zero-order valence-electron chi connectivity index (χ0n) is 9.01. The second kappa shape index (κ2) is 5.74. The summed E-state index contributed by atoms with van der Waals surface area (Å²) in [5.41, 5.74) is 1.30. The van der Waals surface area contributed by atoms with E-state index in [1.165, 1.54) is 18.4 Å². The second-order valence-corrected chi connectivity index (χ2v) is 5.13. The number of hydrogen-bond donors (Lipinski definition) is 1. The Kier molecular flexibility index (Phi) is 4.93. The third-order valence-corrected chi connectivity index (χ3v) is 3.67. The van der Waals surface area contributed by atoms with Crippen molar-refractivity contribution in [3.05, 3.63) is 21.3 Å². The molecule has 0 aliphatic carbocycles. The number of nitrogens with one attached hydrogen (secondary N) is 1. The van der Waals surface area contributed by atoms with Gasteiger partial charge in [-0.15, -0.1) is 11.3 Å². The van der Waals surface area contributed by atoms with E-state index in [1.54, 1.807) is 11.3 Å². The minimum absolute atomic E-state index is 0.406. The Morgan fingerprint density at radius 3 is 2.50 bits per heavy atom. The van der Waals surface area contributed by atoms with Crippen molar-refractivity contribution in [2.24, 2.45) is 0 Å². The Balaban J connectivity index is 2.53. The van der Waals surface area contributed by atoms with Gasteiger partial charge in [0.2, 0.25) is 0 Å². The van der Waals surface area contributed by atoms with Crippen molar-refractivity contribution in [3.8, 4) is 0 Å². The van der Waals surface area contributed by atoms with Crippen molar-refractivity contribution in [2.75, 3.05) is 0 Å². The minimum atomic E-state index is 0.406. The second-order valence-electron chi connectivity index (χ2n) is 3.59. The van der Waals surface area contributed by atoms with Crippen LogP contribution in [0.15, 0.2) is 11.4 Å². The van der Waals surface area contributed by atoms with E-state index in [0.717, 1.165) is 4.34 Å². The summed E-state index contributed by atoms with van der Waals surface area (Å²) in [6, 6.07) is 3.07. The summed E-state index contributed by atoms with van der Waals surface area (Å²) in [4.78, 5) is 0. The van der Waals surface area contributed by atoms with Crippen LogP contribution in [0.25, 0.3) is 0 Å². The average Bonchev–Trinajstić information content (AvgIpc) is 2.61. The van der Waals surface area contributed by atoms with Crippen LogP contribution in [-0.2, 0) is 0 Å². The molecule has 1 N–H and O–H groups in total. The first-order valence-corrected chi connectivity index (χ1v) is 6.43. The molecule has 0 saturated carbocycles. The topological polar surface area (TPSA) is 12.0 Å². The van der Waals surface area contributed by atoms with E-state index in [0.29, 0.717) is 12.1 Å². The molecule has 0 aromatic carbocycles. The highest BCUT2D eigenvalue weighted by Crippen LogP contribution is 2.25. The molecule has 0 spiro atoms. The number of hydrogen-bond acceptors (Lipinski definition) is 2. The molecule has 1 aromatic rings. The van der Waals surface area contributed by atoms with Gasteiger partial charge in [0.25, 0.3) is 0 Å². The van der Waals surface area contributed by atoms with E-state index >= 15 is 0 Å². The monoisotopic (exact) mass is 231 g/mol.